The molecule has 3 heterocycles. The largest absolute Gasteiger partial charge is 0.351 e. The summed E-state index contributed by atoms with van der Waals surface area (Å²) in [6.07, 6.45) is 5.46. The van der Waals surface area contributed by atoms with Crippen LogP contribution in [-0.4, -0.2) is 57.8 Å². The van der Waals surface area contributed by atoms with Crippen molar-refractivity contribution in [2.75, 3.05) is 36.8 Å². The Labute approximate surface area is 255 Å². The number of likely N-dealkylation sites (tertiary alicyclic amines) is 1. The predicted molar refractivity (Wildman–Crippen MR) is 170 cm³/mol. The molecule has 0 atom stereocenters. The second kappa shape index (κ2) is 13.6. The lowest BCUT2D eigenvalue weighted by Crippen LogP contribution is -2.33. The number of nitrogens with one attached hydrogen (secondary N) is 3. The number of halogens is 1. The summed E-state index contributed by atoms with van der Waals surface area (Å²) in [7, 11) is 0. The number of carbonyl (C=O) groups is 2. The molecule has 1 aliphatic heterocycles. The molecular formula is C32H34ClN7O3. The van der Waals surface area contributed by atoms with E-state index in [1.807, 2.05) is 42.5 Å². The Morgan fingerprint density at radius 2 is 1.67 bits per heavy atom. The molecule has 1 saturated heterocycles. The molecule has 0 aliphatic carbocycles. The molecule has 3 N–H and O–H groups in total. The van der Waals surface area contributed by atoms with E-state index in [1.165, 1.54) is 23.7 Å². The average Bonchev–Trinajstić information content (AvgIpc) is 3.54. The van der Waals surface area contributed by atoms with Crippen LogP contribution in [0.15, 0.2) is 71.8 Å². The van der Waals surface area contributed by atoms with Crippen LogP contribution in [0.2, 0.25) is 5.02 Å². The lowest BCUT2D eigenvalue weighted by atomic mass is 9.99. The van der Waals surface area contributed by atoms with Crippen LogP contribution in [0.1, 0.15) is 35.7 Å². The van der Waals surface area contributed by atoms with Crippen LogP contribution < -0.4 is 21.5 Å². The van der Waals surface area contributed by atoms with Crippen molar-refractivity contribution in [1.29, 1.82) is 0 Å². The number of hydrogen-bond acceptors (Lipinski definition) is 6. The molecule has 2 aromatic carbocycles. The normalized spacial score (nSPS) is 13.1. The van der Waals surface area contributed by atoms with E-state index >= 15 is 0 Å². The Morgan fingerprint density at radius 3 is 2.42 bits per heavy atom. The van der Waals surface area contributed by atoms with Crippen LogP contribution in [0.3, 0.4) is 0 Å². The van der Waals surface area contributed by atoms with E-state index in [2.05, 4.69) is 30.9 Å². The lowest BCUT2D eigenvalue weighted by molar-refractivity contribution is 0.0949. The van der Waals surface area contributed by atoms with Crippen LogP contribution in [0.5, 0.6) is 0 Å². The summed E-state index contributed by atoms with van der Waals surface area (Å²) in [5.74, 6) is -0.105. The zero-order chi connectivity index (χ0) is 30.3. The standard InChI is InChI=1S/C32H34ClN7O3/c1-3-40-31(42)28(36-32(43)37-29-21(2)19-34-20-26(29)33)18-27(38-40)24-10-6-8-22(16-24)23-9-7-11-25(17-23)30(41)35-12-15-39-13-4-5-14-39/h6-11,16-20H,3-5,12-15H2,1-2H3,(H,35,41)(H2,34,36,37,43). The fourth-order valence-corrected chi connectivity index (χ4v) is 5.33. The number of carbonyl (C=O) groups excluding carboxylic acids is 2. The highest BCUT2D eigenvalue weighted by atomic mass is 35.5. The van der Waals surface area contributed by atoms with Crippen molar-refractivity contribution in [2.24, 2.45) is 0 Å². The highest BCUT2D eigenvalue weighted by Gasteiger charge is 2.16. The van der Waals surface area contributed by atoms with Gasteiger partial charge in [0, 0.05) is 43.2 Å². The molecule has 0 unspecified atom stereocenters. The molecule has 222 valence electrons. The first-order valence-electron chi connectivity index (χ1n) is 14.3. The summed E-state index contributed by atoms with van der Waals surface area (Å²) in [5.41, 5.74) is 4.34. The number of hydrogen-bond donors (Lipinski definition) is 3. The quantitative estimate of drug-likeness (QED) is 0.236. The summed E-state index contributed by atoms with van der Waals surface area (Å²) in [6, 6.07) is 16.1. The van der Waals surface area contributed by atoms with E-state index in [9.17, 15) is 14.4 Å². The SMILES string of the molecule is CCn1nc(-c2cccc(-c3cccc(C(=O)NCCN4CCCC4)c3)c2)cc(NC(=O)Nc2c(C)cncc2Cl)c1=O. The third-order valence-electron chi connectivity index (χ3n) is 7.38. The van der Waals surface area contributed by atoms with E-state index in [-0.39, 0.29) is 16.6 Å². The summed E-state index contributed by atoms with van der Waals surface area (Å²) >= 11 is 6.20. The molecule has 11 heteroatoms. The van der Waals surface area contributed by atoms with Crippen molar-refractivity contribution >= 4 is 34.9 Å². The number of aryl methyl sites for hydroxylation is 2. The molecule has 2 aromatic heterocycles. The topological polar surface area (TPSA) is 121 Å². The predicted octanol–water partition coefficient (Wildman–Crippen LogP) is 5.42. The van der Waals surface area contributed by atoms with E-state index in [4.69, 9.17) is 11.6 Å². The minimum absolute atomic E-state index is 0.0742. The molecule has 10 nitrogen and oxygen atoms in total. The minimum Gasteiger partial charge on any atom is -0.351 e. The van der Waals surface area contributed by atoms with Gasteiger partial charge in [-0.05, 0) is 80.7 Å². The van der Waals surface area contributed by atoms with Gasteiger partial charge in [-0.2, -0.15) is 5.10 Å². The zero-order valence-electron chi connectivity index (χ0n) is 24.2. The molecular weight excluding hydrogens is 566 g/mol. The number of nitrogens with zero attached hydrogens (tertiary/aromatic N) is 4. The van der Waals surface area contributed by atoms with Gasteiger partial charge < -0.3 is 20.9 Å². The molecule has 0 spiro atoms. The first kappa shape index (κ1) is 29.9. The molecule has 3 amide bonds. The van der Waals surface area contributed by atoms with Gasteiger partial charge in [-0.15, -0.1) is 0 Å². The molecule has 5 rings (SSSR count). The molecule has 0 saturated carbocycles. The Hall–Kier alpha value is -4.54. The highest BCUT2D eigenvalue weighted by Crippen LogP contribution is 2.27. The second-order valence-electron chi connectivity index (χ2n) is 10.4. The molecule has 0 radical (unpaired) electrons. The van der Waals surface area contributed by atoms with E-state index in [0.717, 1.165) is 36.3 Å². The average molecular weight is 600 g/mol. The number of pyridine rings is 1. The molecule has 4 aromatic rings. The Bertz CT molecular complexity index is 1680. The van der Waals surface area contributed by atoms with Crippen molar-refractivity contribution in [3.8, 4) is 22.4 Å². The number of aromatic nitrogens is 3. The lowest BCUT2D eigenvalue weighted by Gasteiger charge is -2.15. The number of amides is 3. The van der Waals surface area contributed by atoms with Gasteiger partial charge in [0.2, 0.25) is 0 Å². The van der Waals surface area contributed by atoms with Crippen LogP contribution in [0.25, 0.3) is 22.4 Å². The Kier molecular flexibility index (Phi) is 9.48. The molecule has 1 aliphatic rings. The van der Waals surface area contributed by atoms with E-state index in [1.54, 1.807) is 32.2 Å². The minimum atomic E-state index is -0.614. The Morgan fingerprint density at radius 1 is 0.953 bits per heavy atom. The monoisotopic (exact) mass is 599 g/mol. The van der Waals surface area contributed by atoms with Crippen molar-refractivity contribution in [3.63, 3.8) is 0 Å². The van der Waals surface area contributed by atoms with E-state index < -0.39 is 11.6 Å². The highest BCUT2D eigenvalue weighted by molar-refractivity contribution is 6.33. The van der Waals surface area contributed by atoms with Crippen molar-refractivity contribution in [3.05, 3.63) is 93.5 Å². The van der Waals surface area contributed by atoms with Crippen LogP contribution in [0, 0.1) is 6.92 Å². The fraction of sp³-hybridized carbons (Fsp3) is 0.281. The van der Waals surface area contributed by atoms with Crippen LogP contribution in [0.4, 0.5) is 16.2 Å². The van der Waals surface area contributed by atoms with E-state index in [0.29, 0.717) is 35.6 Å². The van der Waals surface area contributed by atoms with Gasteiger partial charge in [-0.1, -0.05) is 41.9 Å². The first-order valence-corrected chi connectivity index (χ1v) is 14.7. The van der Waals surface area contributed by atoms with Gasteiger partial charge >= 0.3 is 6.03 Å². The summed E-state index contributed by atoms with van der Waals surface area (Å²) in [4.78, 5) is 45.1. The first-order chi connectivity index (χ1) is 20.8. The van der Waals surface area contributed by atoms with Crippen molar-refractivity contribution < 1.29 is 9.59 Å². The third kappa shape index (κ3) is 7.28. The molecule has 43 heavy (non-hydrogen) atoms. The zero-order valence-corrected chi connectivity index (χ0v) is 24.9. The van der Waals surface area contributed by atoms with Gasteiger partial charge in [0.05, 0.1) is 16.4 Å². The van der Waals surface area contributed by atoms with Crippen LogP contribution >= 0.6 is 11.6 Å². The number of benzene rings is 2. The van der Waals surface area contributed by atoms with Gasteiger partial charge in [0.1, 0.15) is 5.69 Å². The third-order valence-corrected chi connectivity index (χ3v) is 7.67. The number of anilines is 2. The number of rotatable bonds is 9. The van der Waals surface area contributed by atoms with Crippen molar-refractivity contribution in [1.82, 2.24) is 25.0 Å². The van der Waals surface area contributed by atoms with Crippen LogP contribution in [-0.2, 0) is 6.54 Å². The molecule has 1 fully saturated rings. The summed E-state index contributed by atoms with van der Waals surface area (Å²) in [6.45, 7) is 7.55. The van der Waals surface area contributed by atoms with Gasteiger partial charge in [0.15, 0.2) is 0 Å². The maximum Gasteiger partial charge on any atom is 0.323 e. The fourth-order valence-electron chi connectivity index (χ4n) is 5.08. The summed E-state index contributed by atoms with van der Waals surface area (Å²) < 4.78 is 1.30. The maximum absolute atomic E-state index is 13.0. The molecule has 0 bridgehead atoms. The maximum atomic E-state index is 13.0. The Balaban J connectivity index is 1.35. The van der Waals surface area contributed by atoms with Gasteiger partial charge in [-0.3, -0.25) is 14.6 Å². The summed E-state index contributed by atoms with van der Waals surface area (Å²) in [5, 5.41) is 13.2. The van der Waals surface area contributed by atoms with Crippen molar-refractivity contribution in [2.45, 2.75) is 33.2 Å². The smallest absolute Gasteiger partial charge is 0.323 e. The van der Waals surface area contributed by atoms with Gasteiger partial charge in [-0.25, -0.2) is 9.48 Å². The van der Waals surface area contributed by atoms with Gasteiger partial charge in [0.25, 0.3) is 11.5 Å². The number of urea groups is 1. The second-order valence-corrected chi connectivity index (χ2v) is 10.8.